The van der Waals surface area contributed by atoms with Crippen LogP contribution in [0.25, 0.3) is 0 Å². The molecule has 14 heavy (non-hydrogen) atoms. The molecule has 2 heterocycles. The summed E-state index contributed by atoms with van der Waals surface area (Å²) in [5.41, 5.74) is 0. The minimum atomic E-state index is 0.301. The molecule has 1 aliphatic heterocycles. The lowest BCUT2D eigenvalue weighted by molar-refractivity contribution is 0.127. The SMILES string of the molecule is CC(c1cccs1)N1CCCC1CO. The van der Waals surface area contributed by atoms with Gasteiger partial charge in [0.15, 0.2) is 0 Å². The Labute approximate surface area is 89.2 Å². The molecule has 1 fully saturated rings. The maximum Gasteiger partial charge on any atom is 0.0587 e. The smallest absolute Gasteiger partial charge is 0.0587 e. The molecule has 2 unspecified atom stereocenters. The Morgan fingerprint density at radius 2 is 2.57 bits per heavy atom. The molecule has 0 radical (unpaired) electrons. The van der Waals surface area contributed by atoms with E-state index in [-0.39, 0.29) is 0 Å². The highest BCUT2D eigenvalue weighted by Crippen LogP contribution is 2.30. The van der Waals surface area contributed by atoms with Gasteiger partial charge >= 0.3 is 0 Å². The van der Waals surface area contributed by atoms with Gasteiger partial charge in [0.2, 0.25) is 0 Å². The zero-order chi connectivity index (χ0) is 9.97. The van der Waals surface area contributed by atoms with E-state index < -0.39 is 0 Å². The third-order valence-corrected chi connectivity index (χ3v) is 4.13. The average Bonchev–Trinajstić information content (AvgIpc) is 2.87. The highest BCUT2D eigenvalue weighted by atomic mass is 32.1. The van der Waals surface area contributed by atoms with Crippen molar-refractivity contribution in [1.29, 1.82) is 0 Å². The molecule has 1 N–H and O–H groups in total. The van der Waals surface area contributed by atoms with Crippen molar-refractivity contribution >= 4 is 11.3 Å². The lowest BCUT2D eigenvalue weighted by Gasteiger charge is -2.28. The van der Waals surface area contributed by atoms with Gasteiger partial charge in [0.1, 0.15) is 0 Å². The fourth-order valence-corrected chi connectivity index (χ4v) is 3.06. The van der Waals surface area contributed by atoms with Gasteiger partial charge in [0.25, 0.3) is 0 Å². The summed E-state index contributed by atoms with van der Waals surface area (Å²) in [4.78, 5) is 3.83. The molecule has 2 nitrogen and oxygen atoms in total. The third-order valence-electron chi connectivity index (χ3n) is 3.09. The Hall–Kier alpha value is -0.380. The molecule has 0 aromatic carbocycles. The predicted molar refractivity (Wildman–Crippen MR) is 59.5 cm³/mol. The summed E-state index contributed by atoms with van der Waals surface area (Å²) in [6.45, 7) is 3.67. The van der Waals surface area contributed by atoms with Crippen molar-refractivity contribution in [3.63, 3.8) is 0 Å². The molecule has 0 saturated carbocycles. The largest absolute Gasteiger partial charge is 0.395 e. The monoisotopic (exact) mass is 211 g/mol. The fraction of sp³-hybridized carbons (Fsp3) is 0.636. The van der Waals surface area contributed by atoms with E-state index in [2.05, 4.69) is 29.3 Å². The van der Waals surface area contributed by atoms with E-state index in [1.54, 1.807) is 0 Å². The number of nitrogens with zero attached hydrogens (tertiary/aromatic N) is 1. The van der Waals surface area contributed by atoms with E-state index in [0.29, 0.717) is 18.7 Å². The second kappa shape index (κ2) is 4.43. The molecule has 1 saturated heterocycles. The summed E-state index contributed by atoms with van der Waals surface area (Å²) in [5.74, 6) is 0. The number of hydrogen-bond acceptors (Lipinski definition) is 3. The molecule has 2 rings (SSSR count). The molecule has 0 bridgehead atoms. The highest BCUT2D eigenvalue weighted by Gasteiger charge is 2.28. The molecule has 1 aromatic heterocycles. The van der Waals surface area contributed by atoms with Crippen LogP contribution in [0.15, 0.2) is 17.5 Å². The number of thiophene rings is 1. The van der Waals surface area contributed by atoms with E-state index in [0.717, 1.165) is 13.0 Å². The second-order valence-corrected chi connectivity index (χ2v) is 4.89. The maximum atomic E-state index is 9.24. The van der Waals surface area contributed by atoms with Crippen LogP contribution in [-0.2, 0) is 0 Å². The van der Waals surface area contributed by atoms with Crippen LogP contribution in [0.4, 0.5) is 0 Å². The molecular formula is C11H17NOS. The van der Waals surface area contributed by atoms with Gasteiger partial charge in [-0.15, -0.1) is 11.3 Å². The Morgan fingerprint density at radius 1 is 1.71 bits per heavy atom. The Balaban J connectivity index is 2.07. The summed E-state index contributed by atoms with van der Waals surface area (Å²) < 4.78 is 0. The zero-order valence-corrected chi connectivity index (χ0v) is 9.33. The Bertz CT molecular complexity index is 273. The van der Waals surface area contributed by atoms with Crippen molar-refractivity contribution in [2.24, 2.45) is 0 Å². The molecule has 1 aromatic rings. The number of aliphatic hydroxyl groups is 1. The standard InChI is InChI=1S/C11H17NOS/c1-9(11-5-3-7-14-11)12-6-2-4-10(12)8-13/h3,5,7,9-10,13H,2,4,6,8H2,1H3. The number of rotatable bonds is 3. The molecule has 78 valence electrons. The fourth-order valence-electron chi connectivity index (χ4n) is 2.26. The Morgan fingerprint density at radius 3 is 3.21 bits per heavy atom. The molecule has 2 atom stereocenters. The summed E-state index contributed by atoms with van der Waals surface area (Å²) in [5, 5.41) is 11.4. The maximum absolute atomic E-state index is 9.24. The number of aliphatic hydroxyl groups excluding tert-OH is 1. The quantitative estimate of drug-likeness (QED) is 0.829. The second-order valence-electron chi connectivity index (χ2n) is 3.91. The van der Waals surface area contributed by atoms with Gasteiger partial charge in [-0.1, -0.05) is 6.07 Å². The van der Waals surface area contributed by atoms with Crippen molar-refractivity contribution in [3.8, 4) is 0 Å². The molecule has 3 heteroatoms. The van der Waals surface area contributed by atoms with Gasteiger partial charge in [-0.25, -0.2) is 0 Å². The number of hydrogen-bond donors (Lipinski definition) is 1. The first-order valence-electron chi connectivity index (χ1n) is 5.23. The predicted octanol–water partition coefficient (Wildman–Crippen LogP) is 2.27. The molecule has 0 aliphatic carbocycles. The van der Waals surface area contributed by atoms with Crippen LogP contribution >= 0.6 is 11.3 Å². The van der Waals surface area contributed by atoms with E-state index in [4.69, 9.17) is 0 Å². The van der Waals surface area contributed by atoms with Crippen molar-refractivity contribution in [3.05, 3.63) is 22.4 Å². The molecule has 1 aliphatic rings. The number of likely N-dealkylation sites (tertiary alicyclic amines) is 1. The minimum Gasteiger partial charge on any atom is -0.395 e. The van der Waals surface area contributed by atoms with Crippen LogP contribution in [0.2, 0.25) is 0 Å². The first-order chi connectivity index (χ1) is 6.83. The topological polar surface area (TPSA) is 23.5 Å². The van der Waals surface area contributed by atoms with Gasteiger partial charge in [-0.3, -0.25) is 4.90 Å². The van der Waals surface area contributed by atoms with Gasteiger partial charge in [-0.2, -0.15) is 0 Å². The van der Waals surface area contributed by atoms with Crippen LogP contribution in [-0.4, -0.2) is 29.2 Å². The van der Waals surface area contributed by atoms with E-state index in [9.17, 15) is 5.11 Å². The van der Waals surface area contributed by atoms with Crippen molar-refractivity contribution in [1.82, 2.24) is 4.90 Å². The lowest BCUT2D eigenvalue weighted by Crippen LogP contribution is -2.34. The minimum absolute atomic E-state index is 0.301. The van der Waals surface area contributed by atoms with Crippen LogP contribution in [0, 0.1) is 0 Å². The van der Waals surface area contributed by atoms with Gasteiger partial charge < -0.3 is 5.11 Å². The van der Waals surface area contributed by atoms with Gasteiger partial charge in [0, 0.05) is 17.0 Å². The van der Waals surface area contributed by atoms with Crippen molar-refractivity contribution in [2.75, 3.05) is 13.2 Å². The first kappa shape index (κ1) is 10.1. The summed E-state index contributed by atoms with van der Waals surface area (Å²) in [7, 11) is 0. The van der Waals surface area contributed by atoms with Crippen LogP contribution < -0.4 is 0 Å². The highest BCUT2D eigenvalue weighted by molar-refractivity contribution is 7.10. The van der Waals surface area contributed by atoms with Crippen LogP contribution in [0.5, 0.6) is 0 Å². The van der Waals surface area contributed by atoms with E-state index in [1.165, 1.54) is 11.3 Å². The van der Waals surface area contributed by atoms with Gasteiger partial charge in [-0.05, 0) is 37.8 Å². The normalized spacial score (nSPS) is 25.4. The molecule has 0 spiro atoms. The summed E-state index contributed by atoms with van der Waals surface area (Å²) >= 11 is 1.81. The van der Waals surface area contributed by atoms with Gasteiger partial charge in [0.05, 0.1) is 6.61 Å². The molecule has 0 amide bonds. The first-order valence-corrected chi connectivity index (χ1v) is 6.11. The van der Waals surface area contributed by atoms with Crippen molar-refractivity contribution in [2.45, 2.75) is 31.8 Å². The van der Waals surface area contributed by atoms with E-state index >= 15 is 0 Å². The van der Waals surface area contributed by atoms with Crippen molar-refractivity contribution < 1.29 is 5.11 Å². The summed E-state index contributed by atoms with van der Waals surface area (Å²) in [6.07, 6.45) is 2.37. The zero-order valence-electron chi connectivity index (χ0n) is 8.52. The van der Waals surface area contributed by atoms with E-state index in [1.807, 2.05) is 11.3 Å². The van der Waals surface area contributed by atoms with Crippen LogP contribution in [0.1, 0.15) is 30.7 Å². The summed E-state index contributed by atoms with van der Waals surface area (Å²) in [6, 6.07) is 5.13. The molecular weight excluding hydrogens is 194 g/mol. The third kappa shape index (κ3) is 1.85. The Kier molecular flexibility index (Phi) is 3.21. The van der Waals surface area contributed by atoms with Crippen LogP contribution in [0.3, 0.4) is 0 Å². The average molecular weight is 211 g/mol. The lowest BCUT2D eigenvalue weighted by atomic mass is 10.2.